The zero-order valence-corrected chi connectivity index (χ0v) is 9.84. The summed E-state index contributed by atoms with van der Waals surface area (Å²) in [6.45, 7) is 2.98. The first kappa shape index (κ1) is 11.8. The van der Waals surface area contributed by atoms with Crippen LogP contribution in [-0.2, 0) is 13.0 Å². The number of furan rings is 1. The van der Waals surface area contributed by atoms with Crippen LogP contribution in [-0.4, -0.2) is 14.8 Å². The van der Waals surface area contributed by atoms with Crippen LogP contribution in [0.4, 0.5) is 0 Å². The van der Waals surface area contributed by atoms with Crippen LogP contribution < -0.4 is 11.3 Å². The van der Waals surface area contributed by atoms with Crippen LogP contribution in [0.15, 0.2) is 29.3 Å². The number of nitrogens with zero attached hydrogens (tertiary/aromatic N) is 3. The number of aromatic nitrogens is 3. The minimum atomic E-state index is -0.00597. The van der Waals surface area contributed by atoms with E-state index < -0.39 is 0 Å². The van der Waals surface area contributed by atoms with Crippen LogP contribution in [0.3, 0.4) is 0 Å². The number of rotatable bonds is 6. The Labute approximate surface area is 99.8 Å². The van der Waals surface area contributed by atoms with Gasteiger partial charge in [0.05, 0.1) is 18.6 Å². The summed E-state index contributed by atoms with van der Waals surface area (Å²) in [5, 5.41) is 4.19. The van der Waals surface area contributed by atoms with Gasteiger partial charge in [-0.2, -0.15) is 5.10 Å². The van der Waals surface area contributed by atoms with Gasteiger partial charge in [0.25, 0.3) is 0 Å². The first-order valence-corrected chi connectivity index (χ1v) is 5.70. The van der Waals surface area contributed by atoms with Crippen molar-refractivity contribution in [3.63, 3.8) is 0 Å². The van der Waals surface area contributed by atoms with Crippen molar-refractivity contribution in [2.75, 3.05) is 0 Å². The Morgan fingerprint density at radius 2 is 2.47 bits per heavy atom. The summed E-state index contributed by atoms with van der Waals surface area (Å²) in [6.07, 6.45) is 6.62. The Hall–Kier alpha value is -1.66. The third-order valence-corrected chi connectivity index (χ3v) is 2.66. The maximum atomic E-state index is 5.56. The molecular weight excluding hydrogens is 218 g/mol. The summed E-state index contributed by atoms with van der Waals surface area (Å²) in [4.78, 5) is 4.26. The van der Waals surface area contributed by atoms with E-state index in [0.29, 0.717) is 6.42 Å². The van der Waals surface area contributed by atoms with Crippen LogP contribution in [0.2, 0.25) is 0 Å². The third kappa shape index (κ3) is 2.72. The van der Waals surface area contributed by atoms with Crippen LogP contribution in [0.25, 0.3) is 0 Å². The number of hydrazine groups is 1. The minimum absolute atomic E-state index is 0.00597. The molecule has 0 fully saturated rings. The molecule has 0 aliphatic carbocycles. The standard InChI is InChI=1S/C11H17N5O/c1-2-4-16-11(13-8-14-16)6-10(15-12)9-3-5-17-7-9/h3,5,7-8,10,15H,2,4,6,12H2,1H3. The molecule has 92 valence electrons. The van der Waals surface area contributed by atoms with Gasteiger partial charge >= 0.3 is 0 Å². The van der Waals surface area contributed by atoms with Crippen molar-refractivity contribution in [2.24, 2.45) is 5.84 Å². The lowest BCUT2D eigenvalue weighted by molar-refractivity contribution is 0.490. The highest BCUT2D eigenvalue weighted by atomic mass is 16.3. The van der Waals surface area contributed by atoms with Gasteiger partial charge < -0.3 is 4.42 Å². The molecule has 1 atom stereocenters. The fourth-order valence-electron chi connectivity index (χ4n) is 1.77. The number of nitrogens with two attached hydrogens (primary N) is 1. The topological polar surface area (TPSA) is 81.9 Å². The molecule has 6 nitrogen and oxygen atoms in total. The smallest absolute Gasteiger partial charge is 0.138 e. The number of hydrogen-bond donors (Lipinski definition) is 2. The van der Waals surface area contributed by atoms with Crippen molar-refractivity contribution in [2.45, 2.75) is 32.4 Å². The Morgan fingerprint density at radius 1 is 1.59 bits per heavy atom. The fourth-order valence-corrected chi connectivity index (χ4v) is 1.77. The van der Waals surface area contributed by atoms with Crippen LogP contribution in [0.1, 0.15) is 30.8 Å². The van der Waals surface area contributed by atoms with Gasteiger partial charge in [-0.3, -0.25) is 16.0 Å². The molecule has 3 N–H and O–H groups in total. The van der Waals surface area contributed by atoms with Gasteiger partial charge in [-0.1, -0.05) is 6.92 Å². The molecule has 0 aliphatic rings. The van der Waals surface area contributed by atoms with E-state index in [4.69, 9.17) is 10.3 Å². The van der Waals surface area contributed by atoms with Gasteiger partial charge in [0, 0.05) is 18.5 Å². The van der Waals surface area contributed by atoms with Gasteiger partial charge in [-0.25, -0.2) is 4.98 Å². The molecule has 2 aromatic rings. The molecule has 0 spiro atoms. The highest BCUT2D eigenvalue weighted by Crippen LogP contribution is 2.16. The van der Waals surface area contributed by atoms with Gasteiger partial charge in [-0.15, -0.1) is 0 Å². The molecule has 0 amide bonds. The molecule has 17 heavy (non-hydrogen) atoms. The van der Waals surface area contributed by atoms with Gasteiger partial charge in [0.1, 0.15) is 12.2 Å². The number of hydrogen-bond acceptors (Lipinski definition) is 5. The zero-order valence-electron chi connectivity index (χ0n) is 9.84. The highest BCUT2D eigenvalue weighted by Gasteiger charge is 2.15. The summed E-state index contributed by atoms with van der Waals surface area (Å²) in [7, 11) is 0. The summed E-state index contributed by atoms with van der Waals surface area (Å²) >= 11 is 0. The van der Waals surface area contributed by atoms with Crippen LogP contribution >= 0.6 is 0 Å². The van der Waals surface area contributed by atoms with E-state index in [1.807, 2.05) is 10.7 Å². The molecule has 0 radical (unpaired) electrons. The first-order valence-electron chi connectivity index (χ1n) is 5.70. The number of aryl methyl sites for hydroxylation is 1. The van der Waals surface area contributed by atoms with E-state index in [1.165, 1.54) is 0 Å². The van der Waals surface area contributed by atoms with E-state index in [-0.39, 0.29) is 6.04 Å². The summed E-state index contributed by atoms with van der Waals surface area (Å²) < 4.78 is 6.96. The van der Waals surface area contributed by atoms with Crippen molar-refractivity contribution < 1.29 is 4.42 Å². The van der Waals surface area contributed by atoms with Crippen LogP contribution in [0.5, 0.6) is 0 Å². The minimum Gasteiger partial charge on any atom is -0.472 e. The first-order chi connectivity index (χ1) is 8.35. The third-order valence-electron chi connectivity index (χ3n) is 2.66. The predicted octanol–water partition coefficient (Wildman–Crippen LogP) is 1.03. The summed E-state index contributed by atoms with van der Waals surface area (Å²) in [5.41, 5.74) is 3.78. The van der Waals surface area contributed by atoms with Gasteiger partial charge in [0.2, 0.25) is 0 Å². The molecule has 0 aromatic carbocycles. The molecule has 2 aromatic heterocycles. The van der Waals surface area contributed by atoms with E-state index >= 15 is 0 Å². The van der Waals surface area contributed by atoms with E-state index in [2.05, 4.69) is 22.4 Å². The molecule has 0 aliphatic heterocycles. The molecule has 6 heteroatoms. The second kappa shape index (κ2) is 5.60. The largest absolute Gasteiger partial charge is 0.472 e. The monoisotopic (exact) mass is 235 g/mol. The average molecular weight is 235 g/mol. The SMILES string of the molecule is CCCn1ncnc1CC(NN)c1ccoc1. The predicted molar refractivity (Wildman–Crippen MR) is 62.8 cm³/mol. The van der Waals surface area contributed by atoms with Crippen molar-refractivity contribution in [3.8, 4) is 0 Å². The lowest BCUT2D eigenvalue weighted by Gasteiger charge is -2.13. The quantitative estimate of drug-likeness (QED) is 0.577. The van der Waals surface area contributed by atoms with Gasteiger partial charge in [-0.05, 0) is 12.5 Å². The Morgan fingerprint density at radius 3 is 3.12 bits per heavy atom. The molecule has 2 heterocycles. The molecule has 2 rings (SSSR count). The van der Waals surface area contributed by atoms with E-state index in [9.17, 15) is 0 Å². The number of nitrogens with one attached hydrogen (secondary N) is 1. The molecule has 0 bridgehead atoms. The molecule has 1 unspecified atom stereocenters. The summed E-state index contributed by atoms with van der Waals surface area (Å²) in [6, 6.07) is 1.89. The Kier molecular flexibility index (Phi) is 3.89. The second-order valence-electron chi connectivity index (χ2n) is 3.88. The summed E-state index contributed by atoms with van der Waals surface area (Å²) in [5.74, 6) is 6.48. The lowest BCUT2D eigenvalue weighted by atomic mass is 10.1. The zero-order chi connectivity index (χ0) is 12.1. The van der Waals surface area contributed by atoms with Crippen molar-refractivity contribution >= 4 is 0 Å². The van der Waals surface area contributed by atoms with E-state index in [1.54, 1.807) is 18.9 Å². The average Bonchev–Trinajstić information content (AvgIpc) is 2.97. The lowest BCUT2D eigenvalue weighted by Crippen LogP contribution is -2.30. The van der Waals surface area contributed by atoms with Crippen LogP contribution in [0, 0.1) is 0 Å². The Bertz CT molecular complexity index is 436. The molecule has 0 saturated carbocycles. The molecular formula is C11H17N5O. The molecule has 0 saturated heterocycles. The van der Waals surface area contributed by atoms with E-state index in [0.717, 1.165) is 24.4 Å². The fraction of sp³-hybridized carbons (Fsp3) is 0.455. The Balaban J connectivity index is 2.10. The maximum absolute atomic E-state index is 5.56. The van der Waals surface area contributed by atoms with Gasteiger partial charge in [0.15, 0.2) is 0 Å². The highest BCUT2D eigenvalue weighted by molar-refractivity contribution is 5.13. The van der Waals surface area contributed by atoms with Crippen molar-refractivity contribution in [3.05, 3.63) is 36.3 Å². The van der Waals surface area contributed by atoms with Crippen molar-refractivity contribution in [1.82, 2.24) is 20.2 Å². The van der Waals surface area contributed by atoms with Crippen molar-refractivity contribution in [1.29, 1.82) is 0 Å². The maximum Gasteiger partial charge on any atom is 0.138 e. The normalized spacial score (nSPS) is 12.8. The second-order valence-corrected chi connectivity index (χ2v) is 3.88.